The lowest BCUT2D eigenvalue weighted by Crippen LogP contribution is -2.05. The molecule has 9 heteroatoms. The van der Waals surface area contributed by atoms with Crippen molar-refractivity contribution >= 4 is 5.69 Å². The maximum Gasteiger partial charge on any atom is 0.308 e. The molecule has 2 aromatic rings. The fraction of sp³-hybridized carbons (Fsp3) is 0.200. The summed E-state index contributed by atoms with van der Waals surface area (Å²) >= 11 is 0. The normalized spacial score (nSPS) is 10.4. The minimum Gasteiger partial charge on any atom is -0.496 e. The van der Waals surface area contributed by atoms with E-state index >= 15 is 0 Å². The molecule has 0 aliphatic rings. The van der Waals surface area contributed by atoms with Gasteiger partial charge >= 0.3 is 5.69 Å². The van der Waals surface area contributed by atoms with E-state index in [-0.39, 0.29) is 22.8 Å². The third-order valence-electron chi connectivity index (χ3n) is 3.17. The number of benzene rings is 2. The van der Waals surface area contributed by atoms with Crippen LogP contribution >= 0.6 is 0 Å². The van der Waals surface area contributed by atoms with Crippen molar-refractivity contribution in [1.82, 2.24) is 0 Å². The minimum atomic E-state index is -1.18. The quantitative estimate of drug-likeness (QED) is 0.592. The first-order valence-electron chi connectivity index (χ1n) is 6.54. The number of nitro benzene ring substituents is 1. The van der Waals surface area contributed by atoms with E-state index in [4.69, 9.17) is 14.2 Å². The summed E-state index contributed by atoms with van der Waals surface area (Å²) in [7, 11) is 2.47. The topological polar surface area (TPSA) is 70.8 Å². The molecule has 0 amide bonds. The maximum absolute atomic E-state index is 13.9. The molecule has 0 heterocycles. The van der Waals surface area contributed by atoms with Gasteiger partial charge in [-0.25, -0.2) is 8.78 Å². The molecule has 0 radical (unpaired) electrons. The van der Waals surface area contributed by atoms with Gasteiger partial charge in [-0.2, -0.15) is 4.39 Å². The smallest absolute Gasteiger partial charge is 0.308 e. The summed E-state index contributed by atoms with van der Waals surface area (Å²) in [5, 5.41) is 10.8. The summed E-state index contributed by atoms with van der Waals surface area (Å²) in [6, 6.07) is 3.67. The average Bonchev–Trinajstić information content (AvgIpc) is 2.56. The highest BCUT2D eigenvalue weighted by Gasteiger charge is 2.21. The summed E-state index contributed by atoms with van der Waals surface area (Å²) < 4.78 is 55.8. The van der Waals surface area contributed by atoms with Crippen molar-refractivity contribution in [1.29, 1.82) is 0 Å². The fourth-order valence-electron chi connectivity index (χ4n) is 1.99. The molecule has 2 rings (SSSR count). The zero-order valence-corrected chi connectivity index (χ0v) is 12.6. The van der Waals surface area contributed by atoms with Gasteiger partial charge in [0.2, 0.25) is 5.82 Å². The Morgan fingerprint density at radius 1 is 1.00 bits per heavy atom. The van der Waals surface area contributed by atoms with E-state index in [9.17, 15) is 23.3 Å². The van der Waals surface area contributed by atoms with Gasteiger partial charge in [-0.05, 0) is 12.1 Å². The van der Waals surface area contributed by atoms with Crippen molar-refractivity contribution in [2.45, 2.75) is 6.61 Å². The first kappa shape index (κ1) is 17.4. The molecule has 0 aliphatic carbocycles. The van der Waals surface area contributed by atoms with Crippen molar-refractivity contribution in [3.05, 3.63) is 57.4 Å². The largest absolute Gasteiger partial charge is 0.496 e. The highest BCUT2D eigenvalue weighted by Crippen LogP contribution is 2.35. The zero-order valence-electron chi connectivity index (χ0n) is 12.6. The Balaban J connectivity index is 2.38. The van der Waals surface area contributed by atoms with E-state index < -0.39 is 34.7 Å². The summed E-state index contributed by atoms with van der Waals surface area (Å²) in [6.07, 6.45) is 0. The Labute approximate surface area is 134 Å². The van der Waals surface area contributed by atoms with Crippen molar-refractivity contribution in [2.24, 2.45) is 0 Å². The Hall–Kier alpha value is -2.97. The molecule has 0 saturated heterocycles. The molecule has 2 aromatic carbocycles. The molecule has 0 aliphatic heterocycles. The highest BCUT2D eigenvalue weighted by molar-refractivity contribution is 5.50. The second kappa shape index (κ2) is 7.07. The first-order chi connectivity index (χ1) is 11.4. The summed E-state index contributed by atoms with van der Waals surface area (Å²) in [5.74, 6) is -3.69. The van der Waals surface area contributed by atoms with Gasteiger partial charge in [0, 0.05) is 6.07 Å². The summed E-state index contributed by atoms with van der Waals surface area (Å²) in [5.41, 5.74) is -1.07. The van der Waals surface area contributed by atoms with Crippen molar-refractivity contribution in [3.8, 4) is 17.2 Å². The molecular weight excluding hydrogens is 331 g/mol. The number of hydrogen-bond donors (Lipinski definition) is 0. The van der Waals surface area contributed by atoms with Crippen LogP contribution in [0, 0.1) is 27.6 Å². The molecule has 0 bridgehead atoms. The van der Waals surface area contributed by atoms with E-state index in [1.807, 2.05) is 0 Å². The number of nitro groups is 1. The molecule has 0 atom stereocenters. The lowest BCUT2D eigenvalue weighted by molar-refractivity contribution is -0.387. The molecule has 0 saturated carbocycles. The second-order valence-corrected chi connectivity index (χ2v) is 4.54. The Bertz CT molecular complexity index is 782. The Morgan fingerprint density at radius 2 is 1.67 bits per heavy atom. The lowest BCUT2D eigenvalue weighted by Gasteiger charge is -2.13. The number of halogens is 3. The summed E-state index contributed by atoms with van der Waals surface area (Å²) in [6.45, 7) is -0.508. The third-order valence-corrected chi connectivity index (χ3v) is 3.17. The highest BCUT2D eigenvalue weighted by atomic mass is 19.2. The molecule has 6 nitrogen and oxygen atoms in total. The van der Waals surface area contributed by atoms with Crippen LogP contribution < -0.4 is 14.2 Å². The van der Waals surface area contributed by atoms with Crippen LogP contribution in [0.2, 0.25) is 0 Å². The number of methoxy groups -OCH3 is 2. The van der Waals surface area contributed by atoms with Crippen LogP contribution in [0.3, 0.4) is 0 Å². The van der Waals surface area contributed by atoms with E-state index in [0.717, 1.165) is 18.2 Å². The predicted octanol–water partition coefficient (Wildman–Crippen LogP) is 3.61. The van der Waals surface area contributed by atoms with E-state index in [1.54, 1.807) is 0 Å². The van der Waals surface area contributed by atoms with Crippen LogP contribution in [0.5, 0.6) is 17.2 Å². The van der Waals surface area contributed by atoms with Crippen LogP contribution in [0.4, 0.5) is 18.9 Å². The average molecular weight is 343 g/mol. The molecule has 0 spiro atoms. The first-order valence-corrected chi connectivity index (χ1v) is 6.54. The number of hydrogen-bond acceptors (Lipinski definition) is 5. The summed E-state index contributed by atoms with van der Waals surface area (Å²) in [4.78, 5) is 9.85. The molecule has 0 aromatic heterocycles. The molecular formula is C15H12F3NO5. The number of rotatable bonds is 6. The predicted molar refractivity (Wildman–Crippen MR) is 76.8 cm³/mol. The van der Waals surface area contributed by atoms with Gasteiger partial charge in [0.15, 0.2) is 23.1 Å². The standard InChI is InChI=1S/C15H12F3NO5/c1-22-12-4-3-9(16)15(18)8(12)7-24-14-6-11(19(20)21)10(17)5-13(14)23-2/h3-6H,7H2,1-2H3. The Morgan fingerprint density at radius 3 is 2.25 bits per heavy atom. The van der Waals surface area contributed by atoms with Gasteiger partial charge in [-0.3, -0.25) is 10.1 Å². The molecule has 128 valence electrons. The molecule has 0 unspecified atom stereocenters. The van der Waals surface area contributed by atoms with Crippen LogP contribution in [-0.2, 0) is 6.61 Å². The number of ether oxygens (including phenoxy) is 3. The lowest BCUT2D eigenvalue weighted by atomic mass is 10.2. The minimum absolute atomic E-state index is 0.0319. The van der Waals surface area contributed by atoms with Gasteiger partial charge in [-0.1, -0.05) is 0 Å². The van der Waals surface area contributed by atoms with Crippen LogP contribution in [-0.4, -0.2) is 19.1 Å². The van der Waals surface area contributed by atoms with Crippen LogP contribution in [0.25, 0.3) is 0 Å². The molecule has 0 fully saturated rings. The van der Waals surface area contributed by atoms with Crippen molar-refractivity contribution in [3.63, 3.8) is 0 Å². The van der Waals surface area contributed by atoms with E-state index in [1.165, 1.54) is 20.3 Å². The van der Waals surface area contributed by atoms with Gasteiger partial charge < -0.3 is 14.2 Å². The second-order valence-electron chi connectivity index (χ2n) is 4.54. The van der Waals surface area contributed by atoms with E-state index in [2.05, 4.69) is 0 Å². The molecule has 24 heavy (non-hydrogen) atoms. The molecule has 0 N–H and O–H groups in total. The van der Waals surface area contributed by atoms with Crippen LogP contribution in [0.15, 0.2) is 24.3 Å². The van der Waals surface area contributed by atoms with Gasteiger partial charge in [-0.15, -0.1) is 0 Å². The van der Waals surface area contributed by atoms with E-state index in [0.29, 0.717) is 0 Å². The van der Waals surface area contributed by atoms with Crippen molar-refractivity contribution in [2.75, 3.05) is 14.2 Å². The maximum atomic E-state index is 13.9. The SMILES string of the molecule is COc1cc(F)c([N+](=O)[O-])cc1OCc1c(OC)ccc(F)c1F. The fourth-order valence-corrected chi connectivity index (χ4v) is 1.99. The number of nitrogens with zero attached hydrogens (tertiary/aromatic N) is 1. The zero-order chi connectivity index (χ0) is 17.9. The van der Waals surface area contributed by atoms with Gasteiger partial charge in [0.05, 0.1) is 30.8 Å². The van der Waals surface area contributed by atoms with Gasteiger partial charge in [0.1, 0.15) is 12.4 Å². The monoisotopic (exact) mass is 343 g/mol. The van der Waals surface area contributed by atoms with Crippen LogP contribution in [0.1, 0.15) is 5.56 Å². The Kier molecular flexibility index (Phi) is 5.12. The van der Waals surface area contributed by atoms with Crippen molar-refractivity contribution < 1.29 is 32.3 Å². The van der Waals surface area contributed by atoms with Gasteiger partial charge in [0.25, 0.3) is 0 Å². The third kappa shape index (κ3) is 3.34.